The van der Waals surface area contributed by atoms with Crippen LogP contribution in [0.1, 0.15) is 25.1 Å². The molecule has 1 aromatic rings. The van der Waals surface area contributed by atoms with Gasteiger partial charge in [0, 0.05) is 24.4 Å². The summed E-state index contributed by atoms with van der Waals surface area (Å²) in [5, 5.41) is 2.04. The Kier molecular flexibility index (Phi) is 5.49. The predicted molar refractivity (Wildman–Crippen MR) is 68.2 cm³/mol. The first kappa shape index (κ1) is 13.2. The van der Waals surface area contributed by atoms with E-state index in [0.717, 1.165) is 6.54 Å². The first-order valence-electron chi connectivity index (χ1n) is 5.63. The van der Waals surface area contributed by atoms with Crippen molar-refractivity contribution in [1.29, 1.82) is 0 Å². The van der Waals surface area contributed by atoms with Crippen LogP contribution in [-0.4, -0.2) is 23.9 Å². The van der Waals surface area contributed by atoms with Gasteiger partial charge in [0.15, 0.2) is 0 Å². The van der Waals surface area contributed by atoms with Crippen LogP contribution in [0.3, 0.4) is 0 Å². The molecule has 0 aliphatic rings. The van der Waals surface area contributed by atoms with Crippen LogP contribution in [0, 0.1) is 5.92 Å². The molecular formula is C12H20N2OS. The van der Waals surface area contributed by atoms with Gasteiger partial charge in [-0.15, -0.1) is 11.3 Å². The van der Waals surface area contributed by atoms with Crippen LogP contribution in [0.25, 0.3) is 0 Å². The number of nitrogens with two attached hydrogens (primary N) is 1. The number of hydrogen-bond donors (Lipinski definition) is 1. The van der Waals surface area contributed by atoms with Crippen molar-refractivity contribution in [1.82, 2.24) is 4.90 Å². The summed E-state index contributed by atoms with van der Waals surface area (Å²) in [6, 6.07) is 4.08. The van der Waals surface area contributed by atoms with Gasteiger partial charge in [-0.3, -0.25) is 4.79 Å². The molecule has 1 rings (SSSR count). The molecule has 0 unspecified atom stereocenters. The summed E-state index contributed by atoms with van der Waals surface area (Å²) in [6.45, 7) is 6.19. The average Bonchev–Trinajstić information content (AvgIpc) is 2.69. The van der Waals surface area contributed by atoms with Crippen LogP contribution in [0.4, 0.5) is 0 Å². The second-order valence-corrected chi connectivity index (χ2v) is 5.32. The number of thiophene rings is 1. The largest absolute Gasteiger partial charge is 0.337 e. The van der Waals surface area contributed by atoms with Gasteiger partial charge < -0.3 is 10.6 Å². The van der Waals surface area contributed by atoms with Crippen LogP contribution in [-0.2, 0) is 11.3 Å². The summed E-state index contributed by atoms with van der Waals surface area (Å²) < 4.78 is 0. The Morgan fingerprint density at radius 2 is 2.31 bits per heavy atom. The number of rotatable bonds is 6. The summed E-state index contributed by atoms with van der Waals surface area (Å²) >= 11 is 1.69. The Morgan fingerprint density at radius 3 is 2.81 bits per heavy atom. The summed E-state index contributed by atoms with van der Waals surface area (Å²) in [5.41, 5.74) is 5.43. The monoisotopic (exact) mass is 240 g/mol. The Balaban J connectivity index is 2.59. The van der Waals surface area contributed by atoms with E-state index >= 15 is 0 Å². The van der Waals surface area contributed by atoms with Crippen molar-refractivity contribution in [3.05, 3.63) is 22.4 Å². The van der Waals surface area contributed by atoms with Crippen LogP contribution in [0.2, 0.25) is 0 Å². The fraction of sp³-hybridized carbons (Fsp3) is 0.583. The molecule has 90 valence electrons. The number of nitrogens with zero attached hydrogens (tertiary/aromatic N) is 1. The van der Waals surface area contributed by atoms with Crippen molar-refractivity contribution in [2.75, 3.05) is 13.1 Å². The third-order valence-corrected chi connectivity index (χ3v) is 3.08. The fourth-order valence-corrected chi connectivity index (χ4v) is 2.29. The van der Waals surface area contributed by atoms with Crippen LogP contribution in [0.15, 0.2) is 17.5 Å². The zero-order chi connectivity index (χ0) is 12.0. The van der Waals surface area contributed by atoms with E-state index in [1.54, 1.807) is 11.3 Å². The second kappa shape index (κ2) is 6.66. The van der Waals surface area contributed by atoms with E-state index in [0.29, 0.717) is 25.4 Å². The summed E-state index contributed by atoms with van der Waals surface area (Å²) in [5.74, 6) is 0.645. The molecule has 0 aliphatic carbocycles. The highest BCUT2D eigenvalue weighted by molar-refractivity contribution is 7.09. The Hall–Kier alpha value is -0.870. The minimum Gasteiger partial charge on any atom is -0.337 e. The number of carbonyl (C=O) groups excluding carboxylic acids is 1. The predicted octanol–water partition coefficient (Wildman–Crippen LogP) is 2.08. The Bertz CT molecular complexity index is 309. The normalized spacial score (nSPS) is 10.8. The van der Waals surface area contributed by atoms with E-state index in [-0.39, 0.29) is 5.91 Å². The fourth-order valence-electron chi connectivity index (χ4n) is 1.57. The van der Waals surface area contributed by atoms with Crippen molar-refractivity contribution in [3.8, 4) is 0 Å². The quantitative estimate of drug-likeness (QED) is 0.827. The minimum absolute atomic E-state index is 0.157. The molecule has 0 radical (unpaired) electrons. The molecular weight excluding hydrogens is 220 g/mol. The second-order valence-electron chi connectivity index (χ2n) is 4.29. The van der Waals surface area contributed by atoms with Crippen molar-refractivity contribution >= 4 is 17.2 Å². The molecule has 1 heterocycles. The maximum atomic E-state index is 11.9. The van der Waals surface area contributed by atoms with Crippen molar-refractivity contribution < 1.29 is 4.79 Å². The molecule has 0 saturated heterocycles. The third-order valence-electron chi connectivity index (χ3n) is 2.22. The zero-order valence-electron chi connectivity index (χ0n) is 9.98. The van der Waals surface area contributed by atoms with E-state index < -0.39 is 0 Å². The maximum Gasteiger partial charge on any atom is 0.224 e. The van der Waals surface area contributed by atoms with Gasteiger partial charge in [-0.1, -0.05) is 19.9 Å². The molecule has 16 heavy (non-hydrogen) atoms. The first-order chi connectivity index (χ1) is 7.63. The van der Waals surface area contributed by atoms with Gasteiger partial charge in [0.1, 0.15) is 0 Å². The molecule has 2 N–H and O–H groups in total. The van der Waals surface area contributed by atoms with E-state index in [4.69, 9.17) is 5.73 Å². The molecule has 1 aromatic heterocycles. The molecule has 0 aliphatic heterocycles. The van der Waals surface area contributed by atoms with Gasteiger partial charge in [-0.2, -0.15) is 0 Å². The minimum atomic E-state index is 0.157. The molecule has 0 fully saturated rings. The van der Waals surface area contributed by atoms with E-state index in [2.05, 4.69) is 19.9 Å². The third kappa shape index (κ3) is 4.33. The van der Waals surface area contributed by atoms with E-state index in [1.165, 1.54) is 4.88 Å². The molecule has 0 spiro atoms. The summed E-state index contributed by atoms with van der Waals surface area (Å²) in [6.07, 6.45) is 0.443. The highest BCUT2D eigenvalue weighted by atomic mass is 32.1. The molecule has 3 nitrogen and oxygen atoms in total. The van der Waals surface area contributed by atoms with Gasteiger partial charge in [0.05, 0.1) is 6.54 Å². The molecule has 0 saturated carbocycles. The van der Waals surface area contributed by atoms with E-state index in [1.807, 2.05) is 16.3 Å². The number of carbonyl (C=O) groups is 1. The maximum absolute atomic E-state index is 11.9. The number of amides is 1. The van der Waals surface area contributed by atoms with Crippen molar-refractivity contribution in [2.45, 2.75) is 26.8 Å². The van der Waals surface area contributed by atoms with Crippen LogP contribution < -0.4 is 5.73 Å². The summed E-state index contributed by atoms with van der Waals surface area (Å²) in [4.78, 5) is 15.0. The molecule has 4 heteroatoms. The van der Waals surface area contributed by atoms with Gasteiger partial charge >= 0.3 is 0 Å². The SMILES string of the molecule is CC(C)CN(Cc1cccs1)C(=O)CCN. The lowest BCUT2D eigenvalue weighted by Gasteiger charge is -2.24. The lowest BCUT2D eigenvalue weighted by Crippen LogP contribution is -2.34. The van der Waals surface area contributed by atoms with Gasteiger partial charge in [-0.05, 0) is 17.4 Å². The molecule has 0 bridgehead atoms. The molecule has 1 amide bonds. The molecule has 0 atom stereocenters. The number of hydrogen-bond acceptors (Lipinski definition) is 3. The Labute approximate surface area is 101 Å². The lowest BCUT2D eigenvalue weighted by molar-refractivity contribution is -0.132. The lowest BCUT2D eigenvalue weighted by atomic mass is 10.2. The smallest absolute Gasteiger partial charge is 0.224 e. The van der Waals surface area contributed by atoms with Gasteiger partial charge in [0.25, 0.3) is 0 Å². The van der Waals surface area contributed by atoms with Crippen LogP contribution >= 0.6 is 11.3 Å². The first-order valence-corrected chi connectivity index (χ1v) is 6.51. The average molecular weight is 240 g/mol. The highest BCUT2D eigenvalue weighted by Gasteiger charge is 2.14. The van der Waals surface area contributed by atoms with Gasteiger partial charge in [-0.25, -0.2) is 0 Å². The Morgan fingerprint density at radius 1 is 1.56 bits per heavy atom. The van der Waals surface area contributed by atoms with Crippen molar-refractivity contribution in [2.24, 2.45) is 11.7 Å². The van der Waals surface area contributed by atoms with Crippen LogP contribution in [0.5, 0.6) is 0 Å². The van der Waals surface area contributed by atoms with E-state index in [9.17, 15) is 4.79 Å². The standard InChI is InChI=1S/C12H20N2OS/c1-10(2)8-14(12(15)5-6-13)9-11-4-3-7-16-11/h3-4,7,10H,5-6,8-9,13H2,1-2H3. The highest BCUT2D eigenvalue weighted by Crippen LogP contribution is 2.13. The topological polar surface area (TPSA) is 46.3 Å². The van der Waals surface area contributed by atoms with Crippen molar-refractivity contribution in [3.63, 3.8) is 0 Å². The molecule has 0 aromatic carbocycles. The zero-order valence-corrected chi connectivity index (χ0v) is 10.8. The summed E-state index contributed by atoms with van der Waals surface area (Å²) in [7, 11) is 0. The van der Waals surface area contributed by atoms with Gasteiger partial charge in [0.2, 0.25) is 5.91 Å².